The summed E-state index contributed by atoms with van der Waals surface area (Å²) in [5, 5.41) is 0.553. The van der Waals surface area contributed by atoms with E-state index in [0.717, 1.165) is 0 Å². The number of rotatable bonds is 4. The van der Waals surface area contributed by atoms with E-state index in [0.29, 0.717) is 16.3 Å². The molecule has 5 heteroatoms. The molecule has 0 atom stereocenters. The molecular weight excluding hydrogens is 266 g/mol. The van der Waals surface area contributed by atoms with E-state index in [4.69, 9.17) is 16.3 Å². The van der Waals surface area contributed by atoms with E-state index in [-0.39, 0.29) is 12.4 Å². The summed E-state index contributed by atoms with van der Waals surface area (Å²) in [6.45, 7) is -0.286. The van der Waals surface area contributed by atoms with Crippen LogP contribution in [0, 0.1) is 0 Å². The number of halogens is 1. The van der Waals surface area contributed by atoms with Crippen LogP contribution in [0.3, 0.4) is 0 Å². The molecule has 1 aromatic carbocycles. The third-order valence-electron chi connectivity index (χ3n) is 2.65. The van der Waals surface area contributed by atoms with Gasteiger partial charge in [0.25, 0.3) is 0 Å². The molecule has 2 rings (SSSR count). The van der Waals surface area contributed by atoms with Gasteiger partial charge in [-0.1, -0.05) is 11.6 Å². The highest BCUT2D eigenvalue weighted by Gasteiger charge is 2.13. The summed E-state index contributed by atoms with van der Waals surface area (Å²) in [5.41, 5.74) is 0.869. The lowest BCUT2D eigenvalue weighted by Gasteiger charge is -2.05. The summed E-state index contributed by atoms with van der Waals surface area (Å²) >= 11 is 5.73. The first kappa shape index (κ1) is 13.4. The average Bonchev–Trinajstić information content (AvgIpc) is 2.83. The Morgan fingerprint density at radius 2 is 1.89 bits per heavy atom. The van der Waals surface area contributed by atoms with E-state index in [1.165, 1.54) is 0 Å². The van der Waals surface area contributed by atoms with Crippen molar-refractivity contribution in [2.45, 2.75) is 0 Å². The molecule has 2 aromatic rings. The Hall–Kier alpha value is -2.07. The van der Waals surface area contributed by atoms with Crippen molar-refractivity contribution >= 4 is 23.4 Å². The SMILES string of the molecule is Cn1cccc1C(=O)OCC(=O)c1ccc(Cl)cc1. The number of carbonyl (C=O) groups excluding carboxylic acids is 2. The fourth-order valence-corrected chi connectivity index (χ4v) is 1.72. The van der Waals surface area contributed by atoms with Gasteiger partial charge in [-0.25, -0.2) is 4.79 Å². The van der Waals surface area contributed by atoms with Gasteiger partial charge in [-0.05, 0) is 36.4 Å². The van der Waals surface area contributed by atoms with Crippen LogP contribution in [-0.4, -0.2) is 22.9 Å². The number of ketones is 1. The minimum Gasteiger partial charge on any atom is -0.453 e. The Balaban J connectivity index is 1.96. The summed E-state index contributed by atoms with van der Waals surface area (Å²) in [7, 11) is 1.73. The fourth-order valence-electron chi connectivity index (χ4n) is 1.60. The maximum atomic E-state index is 11.8. The van der Waals surface area contributed by atoms with Crippen LogP contribution < -0.4 is 0 Å². The second kappa shape index (κ2) is 5.71. The van der Waals surface area contributed by atoms with Crippen molar-refractivity contribution in [2.24, 2.45) is 7.05 Å². The van der Waals surface area contributed by atoms with Crippen LogP contribution in [0.5, 0.6) is 0 Å². The Bertz CT molecular complexity index is 601. The number of hydrogen-bond donors (Lipinski definition) is 0. The predicted molar refractivity (Wildman–Crippen MR) is 71.5 cm³/mol. The third kappa shape index (κ3) is 3.23. The molecule has 0 unspecified atom stereocenters. The molecule has 1 heterocycles. The number of nitrogens with zero attached hydrogens (tertiary/aromatic N) is 1. The van der Waals surface area contributed by atoms with Gasteiger partial charge in [-0.3, -0.25) is 4.79 Å². The lowest BCUT2D eigenvalue weighted by Crippen LogP contribution is -2.16. The van der Waals surface area contributed by atoms with Crippen molar-refractivity contribution in [3.05, 3.63) is 58.9 Å². The van der Waals surface area contributed by atoms with Crippen LogP contribution in [0.1, 0.15) is 20.8 Å². The van der Waals surface area contributed by atoms with E-state index < -0.39 is 5.97 Å². The van der Waals surface area contributed by atoms with Crippen LogP contribution in [0.4, 0.5) is 0 Å². The van der Waals surface area contributed by atoms with Gasteiger partial charge < -0.3 is 9.30 Å². The Labute approximate surface area is 115 Å². The number of ether oxygens (including phenoxy) is 1. The van der Waals surface area contributed by atoms with Gasteiger partial charge in [0.1, 0.15) is 5.69 Å². The normalized spacial score (nSPS) is 10.2. The topological polar surface area (TPSA) is 48.3 Å². The second-order valence-corrected chi connectivity index (χ2v) is 4.45. The Morgan fingerprint density at radius 1 is 1.21 bits per heavy atom. The fraction of sp³-hybridized carbons (Fsp3) is 0.143. The van der Waals surface area contributed by atoms with Gasteiger partial charge in [-0.2, -0.15) is 0 Å². The highest BCUT2D eigenvalue weighted by molar-refractivity contribution is 6.30. The monoisotopic (exact) mass is 277 g/mol. The number of carbonyl (C=O) groups is 2. The third-order valence-corrected chi connectivity index (χ3v) is 2.91. The molecule has 0 radical (unpaired) electrons. The molecular formula is C14H12ClNO3. The molecule has 0 amide bonds. The molecule has 98 valence electrons. The molecule has 19 heavy (non-hydrogen) atoms. The van der Waals surface area contributed by atoms with E-state index in [1.54, 1.807) is 54.2 Å². The van der Waals surface area contributed by atoms with Crippen LogP contribution in [-0.2, 0) is 11.8 Å². The molecule has 0 aliphatic heterocycles. The van der Waals surface area contributed by atoms with Crippen molar-refractivity contribution in [2.75, 3.05) is 6.61 Å². The zero-order valence-corrected chi connectivity index (χ0v) is 11.1. The maximum Gasteiger partial charge on any atom is 0.355 e. The van der Waals surface area contributed by atoms with E-state index in [2.05, 4.69) is 0 Å². The minimum atomic E-state index is -0.519. The Morgan fingerprint density at radius 3 is 2.47 bits per heavy atom. The van der Waals surface area contributed by atoms with Crippen LogP contribution in [0.2, 0.25) is 5.02 Å². The van der Waals surface area contributed by atoms with Gasteiger partial charge in [-0.15, -0.1) is 0 Å². The van der Waals surface area contributed by atoms with Gasteiger partial charge in [0, 0.05) is 23.8 Å². The lowest BCUT2D eigenvalue weighted by molar-refractivity contribution is 0.0465. The van der Waals surface area contributed by atoms with Gasteiger partial charge in [0.2, 0.25) is 0 Å². The summed E-state index contributed by atoms with van der Waals surface area (Å²) in [5.74, 6) is -0.783. The molecule has 0 fully saturated rings. The number of benzene rings is 1. The molecule has 0 bridgehead atoms. The molecule has 0 saturated carbocycles. The molecule has 0 spiro atoms. The van der Waals surface area contributed by atoms with Crippen molar-refractivity contribution in [3.63, 3.8) is 0 Å². The first-order valence-electron chi connectivity index (χ1n) is 5.65. The largest absolute Gasteiger partial charge is 0.453 e. The number of Topliss-reactive ketones (excluding diaryl/α,β-unsaturated/α-hetero) is 1. The van der Waals surface area contributed by atoms with Gasteiger partial charge >= 0.3 is 5.97 Å². The van der Waals surface area contributed by atoms with E-state index in [9.17, 15) is 9.59 Å². The Kier molecular flexibility index (Phi) is 4.02. The summed E-state index contributed by atoms with van der Waals surface area (Å²) in [6.07, 6.45) is 1.73. The standard InChI is InChI=1S/C14H12ClNO3/c1-16-8-2-3-12(16)14(18)19-9-13(17)10-4-6-11(15)7-5-10/h2-8H,9H2,1H3. The minimum absolute atomic E-state index is 0.265. The molecule has 1 aromatic heterocycles. The first-order chi connectivity index (χ1) is 9.08. The number of esters is 1. The van der Waals surface area contributed by atoms with Crippen molar-refractivity contribution in [1.82, 2.24) is 4.57 Å². The maximum absolute atomic E-state index is 11.8. The number of aryl methyl sites for hydroxylation is 1. The van der Waals surface area contributed by atoms with Crippen molar-refractivity contribution in [1.29, 1.82) is 0 Å². The van der Waals surface area contributed by atoms with Crippen LogP contribution in [0.25, 0.3) is 0 Å². The molecule has 0 aliphatic rings. The zero-order chi connectivity index (χ0) is 13.8. The summed E-state index contributed by atoms with van der Waals surface area (Å²) in [4.78, 5) is 23.5. The molecule has 4 nitrogen and oxygen atoms in total. The highest BCUT2D eigenvalue weighted by Crippen LogP contribution is 2.10. The molecule has 0 N–H and O–H groups in total. The smallest absolute Gasteiger partial charge is 0.355 e. The second-order valence-electron chi connectivity index (χ2n) is 4.01. The zero-order valence-electron chi connectivity index (χ0n) is 10.3. The summed E-state index contributed by atoms with van der Waals surface area (Å²) in [6, 6.07) is 9.80. The first-order valence-corrected chi connectivity index (χ1v) is 6.03. The average molecular weight is 278 g/mol. The predicted octanol–water partition coefficient (Wildman–Crippen LogP) is 2.72. The van der Waals surface area contributed by atoms with E-state index >= 15 is 0 Å². The van der Waals surface area contributed by atoms with E-state index in [1.807, 2.05) is 0 Å². The van der Waals surface area contributed by atoms with Gasteiger partial charge in [0.05, 0.1) is 0 Å². The van der Waals surface area contributed by atoms with Gasteiger partial charge in [0.15, 0.2) is 12.4 Å². The van der Waals surface area contributed by atoms with Crippen molar-refractivity contribution < 1.29 is 14.3 Å². The summed E-state index contributed by atoms with van der Waals surface area (Å²) < 4.78 is 6.61. The number of hydrogen-bond acceptors (Lipinski definition) is 3. The lowest BCUT2D eigenvalue weighted by atomic mass is 10.1. The van der Waals surface area contributed by atoms with Crippen LogP contribution in [0.15, 0.2) is 42.6 Å². The molecule has 0 saturated heterocycles. The molecule has 0 aliphatic carbocycles. The van der Waals surface area contributed by atoms with Crippen molar-refractivity contribution in [3.8, 4) is 0 Å². The van der Waals surface area contributed by atoms with Crippen LogP contribution >= 0.6 is 11.6 Å². The quantitative estimate of drug-likeness (QED) is 0.638. The highest BCUT2D eigenvalue weighted by atomic mass is 35.5. The number of aromatic nitrogens is 1.